The Morgan fingerprint density at radius 3 is 2.75 bits per heavy atom. The van der Waals surface area contributed by atoms with Gasteiger partial charge >= 0.3 is 0 Å². The van der Waals surface area contributed by atoms with Crippen molar-refractivity contribution in [3.63, 3.8) is 0 Å². The van der Waals surface area contributed by atoms with Crippen LogP contribution in [0.15, 0.2) is 0 Å². The van der Waals surface area contributed by atoms with Gasteiger partial charge < -0.3 is 10.5 Å². The molecule has 1 saturated heterocycles. The van der Waals surface area contributed by atoms with E-state index in [9.17, 15) is 4.79 Å². The molecule has 2 rings (SSSR count). The Morgan fingerprint density at radius 2 is 2.19 bits per heavy atom. The summed E-state index contributed by atoms with van der Waals surface area (Å²) in [5, 5.41) is 1.93. The van der Waals surface area contributed by atoms with Gasteiger partial charge in [-0.2, -0.15) is 0 Å². The van der Waals surface area contributed by atoms with Gasteiger partial charge in [0.2, 0.25) is 5.91 Å². The highest BCUT2D eigenvalue weighted by atomic mass is 16.5. The predicted octanol–water partition coefficient (Wildman–Crippen LogP) is -0.133. The minimum Gasteiger partial charge on any atom is -0.379 e. The van der Waals surface area contributed by atoms with Crippen molar-refractivity contribution in [2.45, 2.75) is 32.2 Å². The quantitative estimate of drug-likeness (QED) is 0.689. The first kappa shape index (κ1) is 11.8. The van der Waals surface area contributed by atoms with E-state index < -0.39 is 5.41 Å². The van der Waals surface area contributed by atoms with E-state index in [1.807, 2.05) is 11.9 Å². The van der Waals surface area contributed by atoms with Gasteiger partial charge in [0.1, 0.15) is 0 Å². The zero-order valence-corrected chi connectivity index (χ0v) is 9.87. The van der Waals surface area contributed by atoms with Crippen molar-refractivity contribution in [1.29, 1.82) is 0 Å². The first-order valence-corrected chi connectivity index (χ1v) is 6.02. The van der Waals surface area contributed by atoms with Crippen LogP contribution in [0.1, 0.15) is 26.2 Å². The van der Waals surface area contributed by atoms with E-state index in [0.717, 1.165) is 32.4 Å². The molecule has 1 amide bonds. The van der Waals surface area contributed by atoms with Crippen LogP contribution < -0.4 is 11.2 Å². The first-order valence-electron chi connectivity index (χ1n) is 6.02. The molecule has 2 atom stereocenters. The molecular formula is C11H21N3O2. The summed E-state index contributed by atoms with van der Waals surface area (Å²) in [6, 6.07) is -0.00598. The van der Waals surface area contributed by atoms with Crippen LogP contribution in [0.25, 0.3) is 0 Å². The summed E-state index contributed by atoms with van der Waals surface area (Å²) in [6.45, 7) is 4.86. The van der Waals surface area contributed by atoms with Gasteiger partial charge in [0.15, 0.2) is 0 Å². The summed E-state index contributed by atoms with van der Waals surface area (Å²) in [4.78, 5) is 12.2. The molecule has 1 saturated carbocycles. The fourth-order valence-corrected chi connectivity index (χ4v) is 2.42. The molecule has 0 aromatic carbocycles. The third-order valence-electron chi connectivity index (χ3n) is 3.82. The first-order chi connectivity index (χ1) is 7.63. The minimum atomic E-state index is -0.391. The van der Waals surface area contributed by atoms with Gasteiger partial charge in [0.25, 0.3) is 0 Å². The van der Waals surface area contributed by atoms with Crippen molar-refractivity contribution in [1.82, 2.24) is 10.4 Å². The molecule has 0 radical (unpaired) electrons. The lowest BCUT2D eigenvalue weighted by Gasteiger charge is -2.33. The number of hydrogen-bond donors (Lipinski definition) is 2. The van der Waals surface area contributed by atoms with Crippen LogP contribution in [0.3, 0.4) is 0 Å². The van der Waals surface area contributed by atoms with E-state index in [-0.39, 0.29) is 11.9 Å². The zero-order valence-electron chi connectivity index (χ0n) is 9.87. The van der Waals surface area contributed by atoms with E-state index in [4.69, 9.17) is 10.5 Å². The summed E-state index contributed by atoms with van der Waals surface area (Å²) < 4.78 is 5.24. The predicted molar refractivity (Wildman–Crippen MR) is 60.5 cm³/mol. The second-order valence-electron chi connectivity index (χ2n) is 4.96. The van der Waals surface area contributed by atoms with Crippen LogP contribution in [0, 0.1) is 5.41 Å². The summed E-state index contributed by atoms with van der Waals surface area (Å²) in [5.41, 5.74) is 8.59. The molecule has 2 unspecified atom stereocenters. The molecule has 0 bridgehead atoms. The minimum absolute atomic E-state index is 0.00598. The highest BCUT2D eigenvalue weighted by Crippen LogP contribution is 2.36. The summed E-state index contributed by atoms with van der Waals surface area (Å²) in [5.74, 6) is 0.0689. The van der Waals surface area contributed by atoms with Crippen LogP contribution in [-0.2, 0) is 9.53 Å². The van der Waals surface area contributed by atoms with Crippen molar-refractivity contribution in [3.8, 4) is 0 Å². The number of nitrogens with one attached hydrogen (secondary N) is 1. The number of amides is 1. The highest BCUT2D eigenvalue weighted by molar-refractivity contribution is 5.83. The van der Waals surface area contributed by atoms with Crippen LogP contribution >= 0.6 is 0 Å². The number of nitrogens with two attached hydrogens (primary N) is 1. The molecule has 1 aliphatic carbocycles. The maximum absolute atomic E-state index is 12.2. The Kier molecular flexibility index (Phi) is 3.47. The monoisotopic (exact) mass is 227 g/mol. The van der Waals surface area contributed by atoms with Crippen molar-refractivity contribution in [3.05, 3.63) is 0 Å². The third-order valence-corrected chi connectivity index (χ3v) is 3.82. The Morgan fingerprint density at radius 1 is 1.50 bits per heavy atom. The van der Waals surface area contributed by atoms with E-state index in [1.165, 1.54) is 0 Å². The number of morpholine rings is 1. The number of carbonyl (C=O) groups is 1. The number of hydrazine groups is 1. The Balaban J connectivity index is 1.91. The van der Waals surface area contributed by atoms with Gasteiger partial charge in [-0.05, 0) is 19.8 Å². The molecule has 0 aromatic heterocycles. The molecule has 16 heavy (non-hydrogen) atoms. The third kappa shape index (κ3) is 2.21. The lowest BCUT2D eigenvalue weighted by molar-refractivity contribution is -0.137. The highest BCUT2D eigenvalue weighted by Gasteiger charge is 2.43. The Labute approximate surface area is 96.3 Å². The molecule has 1 aliphatic heterocycles. The molecule has 0 spiro atoms. The molecule has 92 valence electrons. The molecule has 1 heterocycles. The largest absolute Gasteiger partial charge is 0.379 e. The fourth-order valence-electron chi connectivity index (χ4n) is 2.42. The van der Waals surface area contributed by atoms with Crippen molar-refractivity contribution < 1.29 is 9.53 Å². The number of nitrogens with zero attached hydrogens (tertiary/aromatic N) is 1. The van der Waals surface area contributed by atoms with Crippen molar-refractivity contribution in [2.24, 2.45) is 11.1 Å². The number of ether oxygens (including phenoxy) is 1. The molecule has 2 fully saturated rings. The molecule has 5 nitrogen and oxygen atoms in total. The van der Waals surface area contributed by atoms with Crippen LogP contribution in [0.2, 0.25) is 0 Å². The van der Waals surface area contributed by atoms with E-state index in [0.29, 0.717) is 13.2 Å². The topological polar surface area (TPSA) is 67.6 Å². The van der Waals surface area contributed by atoms with Crippen LogP contribution in [-0.4, -0.2) is 43.3 Å². The van der Waals surface area contributed by atoms with Gasteiger partial charge in [-0.1, -0.05) is 6.42 Å². The Hall–Kier alpha value is -0.650. The van der Waals surface area contributed by atoms with Crippen LogP contribution in [0.4, 0.5) is 0 Å². The lowest BCUT2D eigenvalue weighted by Crippen LogP contribution is -2.55. The van der Waals surface area contributed by atoms with E-state index >= 15 is 0 Å². The average Bonchev–Trinajstić information content (AvgIpc) is 2.62. The van der Waals surface area contributed by atoms with E-state index in [1.54, 1.807) is 0 Å². The standard InChI is InChI=1S/C11H21N3O2/c1-11(4-2-3-9(11)12)10(15)13-14-5-7-16-8-6-14/h9H,2-8,12H2,1H3,(H,13,15). The molecule has 3 N–H and O–H groups in total. The van der Waals surface area contributed by atoms with Gasteiger partial charge in [-0.25, -0.2) is 5.01 Å². The smallest absolute Gasteiger partial charge is 0.241 e. The Bertz CT molecular complexity index is 266. The molecule has 0 aromatic rings. The fraction of sp³-hybridized carbons (Fsp3) is 0.909. The second kappa shape index (κ2) is 4.69. The maximum atomic E-state index is 12.2. The lowest BCUT2D eigenvalue weighted by atomic mass is 9.84. The average molecular weight is 227 g/mol. The summed E-state index contributed by atoms with van der Waals surface area (Å²) in [7, 11) is 0. The zero-order chi connectivity index (χ0) is 11.6. The second-order valence-corrected chi connectivity index (χ2v) is 4.96. The number of rotatable bonds is 2. The van der Waals surface area contributed by atoms with Gasteiger partial charge in [0.05, 0.1) is 18.6 Å². The van der Waals surface area contributed by atoms with E-state index in [2.05, 4.69) is 5.43 Å². The maximum Gasteiger partial charge on any atom is 0.241 e. The van der Waals surface area contributed by atoms with Crippen molar-refractivity contribution in [2.75, 3.05) is 26.3 Å². The summed E-state index contributed by atoms with van der Waals surface area (Å²) in [6.07, 6.45) is 2.89. The van der Waals surface area contributed by atoms with Crippen molar-refractivity contribution >= 4 is 5.91 Å². The number of hydrogen-bond acceptors (Lipinski definition) is 4. The SMILES string of the molecule is CC1(C(=O)NN2CCOCC2)CCCC1N. The van der Waals surface area contributed by atoms with Gasteiger partial charge in [-0.15, -0.1) is 0 Å². The van der Waals surface area contributed by atoms with Gasteiger partial charge in [0, 0.05) is 19.1 Å². The normalized spacial score (nSPS) is 36.2. The van der Waals surface area contributed by atoms with Crippen LogP contribution in [0.5, 0.6) is 0 Å². The van der Waals surface area contributed by atoms with Gasteiger partial charge in [-0.3, -0.25) is 10.2 Å². The molecule has 5 heteroatoms. The molecular weight excluding hydrogens is 206 g/mol. The molecule has 2 aliphatic rings. The number of carbonyl (C=O) groups excluding carboxylic acids is 1. The summed E-state index contributed by atoms with van der Waals surface area (Å²) >= 11 is 0.